The van der Waals surface area contributed by atoms with E-state index in [0.717, 1.165) is 16.9 Å². The van der Waals surface area contributed by atoms with Crippen LogP contribution in [0.15, 0.2) is 52.9 Å². The molecule has 1 heterocycles. The number of amides is 1. The van der Waals surface area contributed by atoms with Crippen molar-refractivity contribution in [3.05, 3.63) is 60.0 Å². The van der Waals surface area contributed by atoms with Gasteiger partial charge in [-0.1, -0.05) is 25.1 Å². The van der Waals surface area contributed by atoms with Gasteiger partial charge in [-0.3, -0.25) is 5.32 Å². The van der Waals surface area contributed by atoms with Crippen molar-refractivity contribution in [1.29, 1.82) is 0 Å². The molecule has 0 saturated heterocycles. The molecule has 0 fully saturated rings. The topological polar surface area (TPSA) is 97.5 Å². The molecule has 0 spiro atoms. The van der Waals surface area contributed by atoms with Gasteiger partial charge in [0.05, 0.1) is 6.61 Å². The van der Waals surface area contributed by atoms with Crippen molar-refractivity contribution in [2.45, 2.75) is 19.1 Å². The van der Waals surface area contributed by atoms with E-state index >= 15 is 0 Å². The summed E-state index contributed by atoms with van der Waals surface area (Å²) < 4.78 is 10.7. The Morgan fingerprint density at radius 1 is 1.18 bits per heavy atom. The highest BCUT2D eigenvalue weighted by Crippen LogP contribution is 2.39. The number of aromatic hydroxyl groups is 1. The molecular formula is C20H21N3O4S. The highest BCUT2D eigenvalue weighted by molar-refractivity contribution is 7.99. The maximum atomic E-state index is 11.5. The zero-order valence-corrected chi connectivity index (χ0v) is 16.4. The highest BCUT2D eigenvalue weighted by Gasteiger charge is 2.23. The van der Waals surface area contributed by atoms with Crippen molar-refractivity contribution >= 4 is 23.5 Å². The van der Waals surface area contributed by atoms with Crippen molar-refractivity contribution in [3.63, 3.8) is 0 Å². The molecule has 8 heteroatoms. The number of hydrogen-bond donors (Lipinski definition) is 2. The summed E-state index contributed by atoms with van der Waals surface area (Å²) in [6, 6.07) is 14.2. The second kappa shape index (κ2) is 9.27. The van der Waals surface area contributed by atoms with Crippen LogP contribution in [0, 0.1) is 0 Å². The monoisotopic (exact) mass is 399 g/mol. The first-order valence-corrected chi connectivity index (χ1v) is 9.94. The number of benzene rings is 2. The minimum atomic E-state index is -0.502. The number of aromatic nitrogens is 2. The van der Waals surface area contributed by atoms with Crippen LogP contribution in [0.3, 0.4) is 0 Å². The SMILES string of the molecule is CCOC(=O)Nc1ccc(-c2nnc(C(SCC)c3ccccc3O)o2)cc1. The minimum absolute atomic E-state index is 0.197. The molecule has 0 radical (unpaired) electrons. The molecule has 3 aromatic rings. The largest absolute Gasteiger partial charge is 0.508 e. The van der Waals surface area contributed by atoms with E-state index in [1.54, 1.807) is 55.1 Å². The van der Waals surface area contributed by atoms with E-state index in [1.165, 1.54) is 0 Å². The van der Waals surface area contributed by atoms with Gasteiger partial charge in [-0.05, 0) is 43.0 Å². The number of hydrogen-bond acceptors (Lipinski definition) is 7. The fourth-order valence-corrected chi connectivity index (χ4v) is 3.56. The molecular weight excluding hydrogens is 378 g/mol. The summed E-state index contributed by atoms with van der Waals surface area (Å²) in [5.41, 5.74) is 2.07. The highest BCUT2D eigenvalue weighted by atomic mass is 32.2. The average Bonchev–Trinajstić information content (AvgIpc) is 3.17. The van der Waals surface area contributed by atoms with Gasteiger partial charge in [-0.15, -0.1) is 22.0 Å². The summed E-state index contributed by atoms with van der Waals surface area (Å²) in [5.74, 6) is 1.82. The number of phenolic OH excluding ortho intramolecular Hbond substituents is 1. The lowest BCUT2D eigenvalue weighted by molar-refractivity contribution is 0.168. The van der Waals surface area contributed by atoms with Crippen molar-refractivity contribution in [2.75, 3.05) is 17.7 Å². The molecule has 0 saturated carbocycles. The van der Waals surface area contributed by atoms with Crippen LogP contribution in [-0.4, -0.2) is 33.8 Å². The van der Waals surface area contributed by atoms with Gasteiger partial charge in [-0.25, -0.2) is 4.79 Å². The number of nitrogens with zero attached hydrogens (tertiary/aromatic N) is 2. The van der Waals surface area contributed by atoms with E-state index in [1.807, 2.05) is 19.1 Å². The molecule has 0 aliphatic carbocycles. The summed E-state index contributed by atoms with van der Waals surface area (Å²) in [6.07, 6.45) is -0.502. The molecule has 1 aromatic heterocycles. The van der Waals surface area contributed by atoms with E-state index in [-0.39, 0.29) is 11.0 Å². The number of thioether (sulfide) groups is 1. The molecule has 3 rings (SSSR count). The molecule has 1 amide bonds. The molecule has 28 heavy (non-hydrogen) atoms. The van der Waals surface area contributed by atoms with Gasteiger partial charge in [-0.2, -0.15) is 0 Å². The summed E-state index contributed by atoms with van der Waals surface area (Å²) in [5, 5.41) is 20.9. The van der Waals surface area contributed by atoms with Crippen molar-refractivity contribution in [3.8, 4) is 17.2 Å². The lowest BCUT2D eigenvalue weighted by atomic mass is 10.1. The minimum Gasteiger partial charge on any atom is -0.508 e. The Morgan fingerprint density at radius 2 is 1.93 bits per heavy atom. The predicted octanol–water partition coefficient (Wildman–Crippen LogP) is 4.85. The maximum absolute atomic E-state index is 11.5. The molecule has 1 atom stereocenters. The van der Waals surface area contributed by atoms with Crippen molar-refractivity contribution < 1.29 is 19.1 Å². The molecule has 146 valence electrons. The Labute approximate surface area is 167 Å². The van der Waals surface area contributed by atoms with Gasteiger partial charge >= 0.3 is 6.09 Å². The standard InChI is InChI=1S/C20H21N3O4S/c1-3-26-20(25)21-14-11-9-13(10-12-14)18-22-23-19(27-18)17(28-4-2)15-7-5-6-8-16(15)24/h5-12,17,24H,3-4H2,1-2H3,(H,21,25). The van der Waals surface area contributed by atoms with E-state index in [2.05, 4.69) is 15.5 Å². The average molecular weight is 399 g/mol. The van der Waals surface area contributed by atoms with E-state index in [9.17, 15) is 9.90 Å². The van der Waals surface area contributed by atoms with Gasteiger partial charge in [0.2, 0.25) is 11.8 Å². The van der Waals surface area contributed by atoms with Crippen molar-refractivity contribution in [2.24, 2.45) is 0 Å². The van der Waals surface area contributed by atoms with Crippen LogP contribution in [0.1, 0.15) is 30.6 Å². The van der Waals surface area contributed by atoms with E-state index in [0.29, 0.717) is 24.1 Å². The fourth-order valence-electron chi connectivity index (χ4n) is 2.61. The number of para-hydroxylation sites is 1. The van der Waals surface area contributed by atoms with E-state index in [4.69, 9.17) is 9.15 Å². The van der Waals surface area contributed by atoms with Gasteiger partial charge in [0.1, 0.15) is 11.0 Å². The molecule has 0 bridgehead atoms. The van der Waals surface area contributed by atoms with Gasteiger partial charge in [0, 0.05) is 16.8 Å². The molecule has 2 N–H and O–H groups in total. The lowest BCUT2D eigenvalue weighted by Crippen LogP contribution is -2.12. The zero-order chi connectivity index (χ0) is 19.9. The normalized spacial score (nSPS) is 11.8. The van der Waals surface area contributed by atoms with Crippen LogP contribution in [0.5, 0.6) is 5.75 Å². The number of nitrogens with one attached hydrogen (secondary N) is 1. The Balaban J connectivity index is 1.80. The van der Waals surface area contributed by atoms with Gasteiger partial charge in [0.25, 0.3) is 0 Å². The third kappa shape index (κ3) is 4.64. The fraction of sp³-hybridized carbons (Fsp3) is 0.250. The van der Waals surface area contributed by atoms with Crippen LogP contribution >= 0.6 is 11.8 Å². The summed E-state index contributed by atoms with van der Waals surface area (Å²) >= 11 is 1.60. The first-order chi connectivity index (χ1) is 13.6. The number of rotatable bonds is 7. The Hall–Kier alpha value is -3.00. The first-order valence-electron chi connectivity index (χ1n) is 8.89. The number of anilines is 1. The second-order valence-electron chi connectivity index (χ2n) is 5.76. The van der Waals surface area contributed by atoms with Gasteiger partial charge < -0.3 is 14.3 Å². The van der Waals surface area contributed by atoms with Gasteiger partial charge in [0.15, 0.2) is 0 Å². The first kappa shape index (κ1) is 19.8. The third-order valence-corrected chi connectivity index (χ3v) is 4.99. The number of carbonyl (C=O) groups is 1. The zero-order valence-electron chi connectivity index (χ0n) is 15.6. The van der Waals surface area contributed by atoms with Crippen LogP contribution in [0.25, 0.3) is 11.5 Å². The number of phenols is 1. The molecule has 1 unspecified atom stereocenters. The smallest absolute Gasteiger partial charge is 0.411 e. The molecule has 2 aromatic carbocycles. The summed E-state index contributed by atoms with van der Waals surface area (Å²) in [7, 11) is 0. The Morgan fingerprint density at radius 3 is 2.61 bits per heavy atom. The van der Waals surface area contributed by atoms with Crippen LogP contribution in [-0.2, 0) is 4.74 Å². The lowest BCUT2D eigenvalue weighted by Gasteiger charge is -2.13. The van der Waals surface area contributed by atoms with E-state index < -0.39 is 6.09 Å². The van der Waals surface area contributed by atoms with Crippen molar-refractivity contribution in [1.82, 2.24) is 10.2 Å². The second-order valence-corrected chi connectivity index (χ2v) is 7.14. The molecule has 0 aliphatic heterocycles. The maximum Gasteiger partial charge on any atom is 0.411 e. The summed E-state index contributed by atoms with van der Waals surface area (Å²) in [6.45, 7) is 4.09. The summed E-state index contributed by atoms with van der Waals surface area (Å²) in [4.78, 5) is 11.5. The Kier molecular flexibility index (Phi) is 6.54. The third-order valence-electron chi connectivity index (χ3n) is 3.87. The molecule has 7 nitrogen and oxygen atoms in total. The predicted molar refractivity (Wildman–Crippen MR) is 108 cm³/mol. The van der Waals surface area contributed by atoms with Crippen LogP contribution in [0.4, 0.5) is 10.5 Å². The van der Waals surface area contributed by atoms with Crippen LogP contribution in [0.2, 0.25) is 0 Å². The number of ether oxygens (including phenoxy) is 1. The number of carbonyl (C=O) groups excluding carboxylic acids is 1. The van der Waals surface area contributed by atoms with Crippen LogP contribution < -0.4 is 5.32 Å². The molecule has 0 aliphatic rings. The quantitative estimate of drug-likeness (QED) is 0.586. The Bertz CT molecular complexity index is 927.